The largest absolute Gasteiger partial charge is 0.460 e. The zero-order valence-electron chi connectivity index (χ0n) is 29.7. The van der Waals surface area contributed by atoms with Gasteiger partial charge in [0.1, 0.15) is 36.8 Å². The van der Waals surface area contributed by atoms with Gasteiger partial charge in [-0.15, -0.1) is 0 Å². The molecule has 8 atom stereocenters. The molecular weight excluding hydrogens is 620 g/mol. The number of hydrogen-bond acceptors (Lipinski definition) is 9. The number of amides is 5. The molecule has 1 saturated carbocycles. The van der Waals surface area contributed by atoms with Gasteiger partial charge in [0.15, 0.2) is 0 Å². The monoisotopic (exact) mass is 680 g/mol. The molecule has 1 aliphatic heterocycles. The number of esters is 1. The van der Waals surface area contributed by atoms with Crippen LogP contribution in [-0.2, 0) is 33.5 Å². The van der Waals surface area contributed by atoms with Gasteiger partial charge in [0.25, 0.3) is 0 Å². The first-order chi connectivity index (χ1) is 22.7. The Kier molecular flexibility index (Phi) is 17.3. The van der Waals surface area contributed by atoms with Gasteiger partial charge in [0, 0.05) is 13.6 Å². The van der Waals surface area contributed by atoms with Gasteiger partial charge < -0.3 is 41.7 Å². The second kappa shape index (κ2) is 20.3. The molecule has 1 saturated heterocycles. The number of rotatable bonds is 11. The van der Waals surface area contributed by atoms with Gasteiger partial charge in [0.05, 0.1) is 12.0 Å². The summed E-state index contributed by atoms with van der Waals surface area (Å²) in [6.07, 6.45) is 6.64. The lowest BCUT2D eigenvalue weighted by Crippen LogP contribution is -2.62. The summed E-state index contributed by atoms with van der Waals surface area (Å²) in [4.78, 5) is 82.4. The molecule has 5 amide bonds. The smallest absolute Gasteiger partial charge is 0.325 e. The van der Waals surface area contributed by atoms with E-state index in [4.69, 9.17) is 10.5 Å². The van der Waals surface area contributed by atoms with Crippen molar-refractivity contribution in [1.29, 1.82) is 0 Å². The van der Waals surface area contributed by atoms with E-state index in [-0.39, 0.29) is 24.3 Å². The van der Waals surface area contributed by atoms with Crippen LogP contribution in [0.5, 0.6) is 0 Å². The minimum absolute atomic E-state index is 0.224. The van der Waals surface area contributed by atoms with Crippen molar-refractivity contribution in [2.75, 3.05) is 20.1 Å². The molecule has 2 aliphatic rings. The maximum atomic E-state index is 14.1. The van der Waals surface area contributed by atoms with Gasteiger partial charge in [-0.3, -0.25) is 28.8 Å². The minimum atomic E-state index is -1.47. The van der Waals surface area contributed by atoms with Crippen LogP contribution in [0, 0.1) is 17.8 Å². The molecule has 2 rings (SSSR count). The van der Waals surface area contributed by atoms with Gasteiger partial charge in [0.2, 0.25) is 29.5 Å². The lowest BCUT2D eigenvalue weighted by molar-refractivity contribution is -0.157. The number of hydrogen-bond donors (Lipinski definition) is 6. The van der Waals surface area contributed by atoms with Crippen molar-refractivity contribution in [2.45, 2.75) is 142 Å². The summed E-state index contributed by atoms with van der Waals surface area (Å²) < 4.78 is 5.78. The summed E-state index contributed by atoms with van der Waals surface area (Å²) in [6, 6.07) is -4.71. The third kappa shape index (κ3) is 12.0. The molecule has 7 N–H and O–H groups in total. The fourth-order valence-electron chi connectivity index (χ4n) is 6.40. The van der Waals surface area contributed by atoms with E-state index < -0.39 is 78.4 Å². The highest BCUT2D eigenvalue weighted by Gasteiger charge is 2.39. The van der Waals surface area contributed by atoms with Gasteiger partial charge in [-0.25, -0.2) is 0 Å². The average Bonchev–Trinajstić information content (AvgIpc) is 3.58. The van der Waals surface area contributed by atoms with Crippen LogP contribution in [0.1, 0.15) is 105 Å². The van der Waals surface area contributed by atoms with E-state index >= 15 is 0 Å². The number of aliphatic hydroxyl groups excluding tert-OH is 1. The maximum Gasteiger partial charge on any atom is 0.325 e. The lowest BCUT2D eigenvalue weighted by atomic mass is 9.92. The number of ether oxygens (including phenoxy) is 1. The topological polar surface area (TPSA) is 209 Å². The van der Waals surface area contributed by atoms with E-state index in [1.54, 1.807) is 20.9 Å². The van der Waals surface area contributed by atoms with E-state index in [1.165, 1.54) is 11.8 Å². The van der Waals surface area contributed by atoms with Crippen molar-refractivity contribution >= 4 is 35.5 Å². The van der Waals surface area contributed by atoms with Crippen LogP contribution in [0.3, 0.4) is 0 Å². The van der Waals surface area contributed by atoms with Crippen LogP contribution in [0.25, 0.3) is 0 Å². The predicted octanol–water partition coefficient (Wildman–Crippen LogP) is 0.882. The number of likely N-dealkylation sites (N-methyl/N-ethyl adjacent to an activating group) is 1. The SMILES string of the molecule is CCCCCC[C@H]1OC(=O)CNC(=O)[C@H](C(C)O)NC(=O)[C@H](CN)NC(=O)[C@H](C(C)CC)NC(=O)[C@H](CC2CCCC2)N(C)C(=O)[C@@H]1C. The van der Waals surface area contributed by atoms with E-state index in [2.05, 4.69) is 28.2 Å². The molecule has 0 bridgehead atoms. The lowest BCUT2D eigenvalue weighted by Gasteiger charge is -2.35. The molecule has 274 valence electrons. The number of nitrogens with zero attached hydrogens (tertiary/aromatic N) is 1. The third-order valence-corrected chi connectivity index (χ3v) is 9.85. The highest BCUT2D eigenvalue weighted by Crippen LogP contribution is 2.31. The Balaban J connectivity index is 2.55. The van der Waals surface area contributed by atoms with E-state index in [0.29, 0.717) is 25.7 Å². The molecule has 0 aromatic rings. The summed E-state index contributed by atoms with van der Waals surface area (Å²) in [6.45, 7) is 7.80. The third-order valence-electron chi connectivity index (χ3n) is 9.85. The summed E-state index contributed by atoms with van der Waals surface area (Å²) in [5.41, 5.74) is 5.84. The standard InChI is InChI=1S/C34H60N6O8/c1-7-9-10-11-16-26-21(4)34(47)40(6)25(17-23-14-12-13-15-23)31(44)38-28(20(3)8-2)33(46)37-24(18-35)30(43)39-29(22(5)41)32(45)36-19-27(42)48-26/h20-26,28-29,41H,7-19,35H2,1-6H3,(H,36,45)(H,37,46)(H,38,44)(H,39,43)/t20?,21-,22?,24+,25+,26-,28+,29+/m1/s1. The minimum Gasteiger partial charge on any atom is -0.460 e. The van der Waals surface area contributed by atoms with Gasteiger partial charge in [-0.1, -0.05) is 79.1 Å². The van der Waals surface area contributed by atoms with E-state index in [1.807, 2.05) is 6.92 Å². The molecule has 14 nitrogen and oxygen atoms in total. The Hall–Kier alpha value is -3.26. The van der Waals surface area contributed by atoms with E-state index in [9.17, 15) is 33.9 Å². The molecule has 0 aromatic carbocycles. The number of aliphatic hydroxyl groups is 1. The van der Waals surface area contributed by atoms with Crippen LogP contribution in [0.4, 0.5) is 0 Å². The number of cyclic esters (lactones) is 1. The van der Waals surface area contributed by atoms with Crippen molar-refractivity contribution in [2.24, 2.45) is 23.5 Å². The van der Waals surface area contributed by atoms with Crippen LogP contribution in [0.15, 0.2) is 0 Å². The molecule has 0 aromatic heterocycles. The average molecular weight is 681 g/mol. The molecule has 0 spiro atoms. The fraction of sp³-hybridized carbons (Fsp3) is 0.824. The molecular formula is C34H60N6O8. The quantitative estimate of drug-likeness (QED) is 0.135. The number of nitrogens with one attached hydrogen (secondary N) is 4. The second-order valence-electron chi connectivity index (χ2n) is 13.6. The number of unbranched alkanes of at least 4 members (excludes halogenated alkanes) is 3. The molecule has 2 unspecified atom stereocenters. The summed E-state index contributed by atoms with van der Waals surface area (Å²) >= 11 is 0. The molecule has 1 heterocycles. The summed E-state index contributed by atoms with van der Waals surface area (Å²) in [7, 11) is 1.57. The van der Waals surface area contributed by atoms with Gasteiger partial charge in [-0.05, 0) is 38.0 Å². The van der Waals surface area contributed by atoms with Crippen molar-refractivity contribution in [1.82, 2.24) is 26.2 Å². The zero-order valence-corrected chi connectivity index (χ0v) is 29.7. The zero-order chi connectivity index (χ0) is 36.0. The van der Waals surface area contributed by atoms with Gasteiger partial charge in [-0.2, -0.15) is 0 Å². The summed E-state index contributed by atoms with van der Waals surface area (Å²) in [5.74, 6) is -4.90. The predicted molar refractivity (Wildman–Crippen MR) is 180 cm³/mol. The molecule has 14 heteroatoms. The van der Waals surface area contributed by atoms with Crippen LogP contribution >= 0.6 is 0 Å². The number of carbonyl (C=O) groups is 6. The highest BCUT2D eigenvalue weighted by atomic mass is 16.5. The molecule has 48 heavy (non-hydrogen) atoms. The Morgan fingerprint density at radius 3 is 2.12 bits per heavy atom. The van der Waals surface area contributed by atoms with Gasteiger partial charge >= 0.3 is 5.97 Å². The first-order valence-corrected chi connectivity index (χ1v) is 17.8. The fourth-order valence-corrected chi connectivity index (χ4v) is 6.40. The molecule has 0 radical (unpaired) electrons. The van der Waals surface area contributed by atoms with Crippen molar-refractivity contribution in [3.8, 4) is 0 Å². The van der Waals surface area contributed by atoms with E-state index in [0.717, 1.165) is 44.9 Å². The number of carbonyl (C=O) groups excluding carboxylic acids is 6. The normalized spacial score (nSPS) is 29.0. The first kappa shape index (κ1) is 40.9. The second-order valence-corrected chi connectivity index (χ2v) is 13.6. The number of nitrogens with two attached hydrogens (primary N) is 1. The van der Waals surface area contributed by atoms with Crippen LogP contribution < -0.4 is 27.0 Å². The Labute approximate surface area is 285 Å². The van der Waals surface area contributed by atoms with Crippen molar-refractivity contribution in [3.05, 3.63) is 0 Å². The van der Waals surface area contributed by atoms with Crippen molar-refractivity contribution < 1.29 is 38.6 Å². The molecule has 2 fully saturated rings. The first-order valence-electron chi connectivity index (χ1n) is 17.8. The van der Waals surface area contributed by atoms with Crippen LogP contribution in [0.2, 0.25) is 0 Å². The van der Waals surface area contributed by atoms with Crippen LogP contribution in [-0.4, -0.2) is 102 Å². The Morgan fingerprint density at radius 1 is 0.896 bits per heavy atom. The Morgan fingerprint density at radius 2 is 1.54 bits per heavy atom. The van der Waals surface area contributed by atoms with Crippen molar-refractivity contribution in [3.63, 3.8) is 0 Å². The summed E-state index contributed by atoms with van der Waals surface area (Å²) in [5, 5.41) is 20.6. The molecule has 1 aliphatic carbocycles. The maximum absolute atomic E-state index is 14.1. The highest BCUT2D eigenvalue weighted by molar-refractivity contribution is 5.96. The Bertz CT molecular complexity index is 1100.